The van der Waals surface area contributed by atoms with Gasteiger partial charge >= 0.3 is 0 Å². The highest BCUT2D eigenvalue weighted by Crippen LogP contribution is 2.56. The molecular weight excluding hydrogens is 485 g/mol. The molecule has 0 spiro atoms. The molecule has 0 amide bonds. The molecule has 1 heterocycles. The predicted molar refractivity (Wildman–Crippen MR) is 159 cm³/mol. The van der Waals surface area contributed by atoms with Crippen molar-refractivity contribution < 1.29 is 0 Å². The van der Waals surface area contributed by atoms with Crippen LogP contribution in [0.1, 0.15) is 36.1 Å². The molecule has 37 heavy (non-hydrogen) atoms. The van der Waals surface area contributed by atoms with Gasteiger partial charge in [0, 0.05) is 25.0 Å². The molecule has 0 radical (unpaired) electrons. The van der Waals surface area contributed by atoms with Gasteiger partial charge in [-0.3, -0.25) is 0 Å². The number of hydrogen-bond acceptors (Lipinski definition) is 2. The quantitative estimate of drug-likeness (QED) is 0.226. The van der Waals surface area contributed by atoms with Crippen molar-refractivity contribution in [3.63, 3.8) is 0 Å². The minimum absolute atomic E-state index is 0.0402. The van der Waals surface area contributed by atoms with E-state index >= 15 is 0 Å². The fraction of sp³-hybridized carbons (Fsp3) is 0.143. The van der Waals surface area contributed by atoms with Gasteiger partial charge in [0.15, 0.2) is 0 Å². The molecule has 180 valence electrons. The Kier molecular flexibility index (Phi) is 5.22. The third-order valence-corrected chi connectivity index (χ3v) is 10.6. The lowest BCUT2D eigenvalue weighted by atomic mass is 9.81. The average Bonchev–Trinajstić information content (AvgIpc) is 3.12. The summed E-state index contributed by atoms with van der Waals surface area (Å²) in [5.74, 6) is 0. The van der Waals surface area contributed by atoms with Gasteiger partial charge in [-0.05, 0) is 106 Å². The highest BCUT2D eigenvalue weighted by atomic mass is 32.2. The van der Waals surface area contributed by atoms with Crippen molar-refractivity contribution in [2.24, 2.45) is 0 Å². The first-order valence-electron chi connectivity index (χ1n) is 12.9. The molecular formula is C35H28S2. The van der Waals surface area contributed by atoms with Crippen LogP contribution in [0.4, 0.5) is 0 Å². The summed E-state index contributed by atoms with van der Waals surface area (Å²) >= 11 is 3.81. The second-order valence-electron chi connectivity index (χ2n) is 10.7. The second-order valence-corrected chi connectivity index (χ2v) is 12.9. The summed E-state index contributed by atoms with van der Waals surface area (Å²) in [6, 6.07) is 36.4. The van der Waals surface area contributed by atoms with E-state index in [0.29, 0.717) is 0 Å². The lowest BCUT2D eigenvalue weighted by Gasteiger charge is -2.24. The smallest absolute Gasteiger partial charge is 0.0268 e. The highest BCUT2D eigenvalue weighted by Gasteiger charge is 2.37. The number of aryl methyl sites for hydroxylation is 2. The van der Waals surface area contributed by atoms with Crippen LogP contribution in [0, 0.1) is 13.8 Å². The maximum absolute atomic E-state index is 2.46. The lowest BCUT2D eigenvalue weighted by Crippen LogP contribution is -2.15. The summed E-state index contributed by atoms with van der Waals surface area (Å²) in [6.45, 7) is 9.18. The van der Waals surface area contributed by atoms with E-state index in [1.807, 2.05) is 23.5 Å². The Morgan fingerprint density at radius 1 is 0.459 bits per heavy atom. The number of benzene rings is 5. The Balaban J connectivity index is 1.32. The summed E-state index contributed by atoms with van der Waals surface area (Å²) in [7, 11) is 0. The molecule has 0 fully saturated rings. The first kappa shape index (κ1) is 23.0. The first-order chi connectivity index (χ1) is 17.9. The summed E-state index contributed by atoms with van der Waals surface area (Å²) in [5, 5.41) is 0. The van der Waals surface area contributed by atoms with Crippen LogP contribution in [0.5, 0.6) is 0 Å². The van der Waals surface area contributed by atoms with Crippen molar-refractivity contribution in [3.8, 4) is 33.4 Å². The lowest BCUT2D eigenvalue weighted by molar-refractivity contribution is 0.658. The molecule has 0 saturated carbocycles. The minimum Gasteiger partial charge on any atom is -0.0877 e. The molecule has 0 bridgehead atoms. The van der Waals surface area contributed by atoms with Gasteiger partial charge in [0.25, 0.3) is 0 Å². The fourth-order valence-electron chi connectivity index (χ4n) is 5.90. The molecule has 0 saturated heterocycles. The van der Waals surface area contributed by atoms with E-state index < -0.39 is 0 Å². The van der Waals surface area contributed by atoms with E-state index in [4.69, 9.17) is 0 Å². The molecule has 1 aliphatic heterocycles. The zero-order chi connectivity index (χ0) is 25.3. The topological polar surface area (TPSA) is 0 Å². The van der Waals surface area contributed by atoms with Gasteiger partial charge in [-0.15, -0.1) is 0 Å². The van der Waals surface area contributed by atoms with Gasteiger partial charge in [0.05, 0.1) is 0 Å². The largest absolute Gasteiger partial charge is 0.0877 e. The SMILES string of the molecule is Cc1ccccc1-c1cc(-c2ccc3c(c2)C(C)(C)c2cc4c(cc2-3)Sc2ccccc2S4)ccc1C. The molecule has 2 heteroatoms. The number of fused-ring (bicyclic) bond motifs is 5. The normalized spacial score (nSPS) is 14.5. The fourth-order valence-corrected chi connectivity index (χ4v) is 8.18. The highest BCUT2D eigenvalue weighted by molar-refractivity contribution is 8.05. The minimum atomic E-state index is -0.0402. The van der Waals surface area contributed by atoms with Crippen molar-refractivity contribution in [1.82, 2.24) is 0 Å². The Hall–Kier alpha value is -3.20. The van der Waals surface area contributed by atoms with Crippen LogP contribution in [0.2, 0.25) is 0 Å². The van der Waals surface area contributed by atoms with Gasteiger partial charge < -0.3 is 0 Å². The zero-order valence-corrected chi connectivity index (χ0v) is 23.2. The molecule has 0 nitrogen and oxygen atoms in total. The predicted octanol–water partition coefficient (Wildman–Crippen LogP) is 10.6. The van der Waals surface area contributed by atoms with E-state index in [2.05, 4.69) is 125 Å². The Labute approximate surface area is 228 Å². The van der Waals surface area contributed by atoms with Crippen molar-refractivity contribution in [1.29, 1.82) is 0 Å². The van der Waals surface area contributed by atoms with Gasteiger partial charge in [-0.2, -0.15) is 0 Å². The summed E-state index contributed by atoms with van der Waals surface area (Å²) in [5.41, 5.74) is 13.4. The summed E-state index contributed by atoms with van der Waals surface area (Å²) in [6.07, 6.45) is 0. The van der Waals surface area contributed by atoms with Crippen molar-refractivity contribution in [3.05, 3.63) is 119 Å². The van der Waals surface area contributed by atoms with Crippen molar-refractivity contribution in [2.75, 3.05) is 0 Å². The summed E-state index contributed by atoms with van der Waals surface area (Å²) in [4.78, 5) is 5.47. The van der Waals surface area contributed by atoms with Gasteiger partial charge in [-0.1, -0.05) is 98.0 Å². The molecule has 0 unspecified atom stereocenters. The van der Waals surface area contributed by atoms with Crippen molar-refractivity contribution >= 4 is 23.5 Å². The molecule has 0 aromatic heterocycles. The monoisotopic (exact) mass is 512 g/mol. The van der Waals surface area contributed by atoms with E-state index in [1.165, 1.54) is 75.2 Å². The molecule has 7 rings (SSSR count). The molecule has 0 N–H and O–H groups in total. The maximum atomic E-state index is 2.46. The summed E-state index contributed by atoms with van der Waals surface area (Å²) < 4.78 is 0. The van der Waals surface area contributed by atoms with Gasteiger partial charge in [0.2, 0.25) is 0 Å². The maximum Gasteiger partial charge on any atom is 0.0268 e. The van der Waals surface area contributed by atoms with Crippen LogP contribution in [0.25, 0.3) is 33.4 Å². The van der Waals surface area contributed by atoms with Gasteiger partial charge in [0.1, 0.15) is 0 Å². The van der Waals surface area contributed by atoms with Crippen molar-refractivity contribution in [2.45, 2.75) is 52.7 Å². The molecule has 5 aromatic carbocycles. The Morgan fingerprint density at radius 2 is 1.05 bits per heavy atom. The van der Waals surface area contributed by atoms with E-state index in [1.54, 1.807) is 0 Å². The standard InChI is InChI=1S/C35H28S2/c1-21-9-5-6-10-25(21)27-17-23(14-13-22(27)2)24-15-16-26-28-19-33-34(20-30(28)35(3,4)29(26)18-24)37-32-12-8-7-11-31(32)36-33/h5-20H,1-4H3. The third kappa shape index (κ3) is 3.61. The van der Waals surface area contributed by atoms with Crippen LogP contribution in [-0.2, 0) is 5.41 Å². The number of rotatable bonds is 2. The third-order valence-electron chi connectivity index (χ3n) is 8.04. The van der Waals surface area contributed by atoms with Crippen LogP contribution in [0.3, 0.4) is 0 Å². The molecule has 0 atom stereocenters. The molecule has 5 aromatic rings. The molecule has 2 aliphatic rings. The average molecular weight is 513 g/mol. The van der Waals surface area contributed by atoms with Gasteiger partial charge in [-0.25, -0.2) is 0 Å². The van der Waals surface area contributed by atoms with Crippen LogP contribution in [-0.4, -0.2) is 0 Å². The number of hydrogen-bond donors (Lipinski definition) is 0. The first-order valence-corrected chi connectivity index (χ1v) is 14.5. The van der Waals surface area contributed by atoms with E-state index in [0.717, 1.165) is 0 Å². The van der Waals surface area contributed by atoms with E-state index in [-0.39, 0.29) is 5.41 Å². The van der Waals surface area contributed by atoms with Crippen LogP contribution < -0.4 is 0 Å². The Bertz CT molecular complexity index is 1720. The van der Waals surface area contributed by atoms with Crippen LogP contribution in [0.15, 0.2) is 117 Å². The Morgan fingerprint density at radius 3 is 1.81 bits per heavy atom. The van der Waals surface area contributed by atoms with Crippen LogP contribution >= 0.6 is 23.5 Å². The molecule has 1 aliphatic carbocycles. The zero-order valence-electron chi connectivity index (χ0n) is 21.6. The van der Waals surface area contributed by atoms with E-state index in [9.17, 15) is 0 Å². The second kappa shape index (κ2) is 8.41.